The van der Waals surface area contributed by atoms with Gasteiger partial charge < -0.3 is 14.5 Å². The molecule has 1 N–H and O–H groups in total. The van der Waals surface area contributed by atoms with E-state index in [-0.39, 0.29) is 11.3 Å². The molecule has 0 saturated carbocycles. The SMILES string of the molecule is COC(=O)c1ccccc1N1C(=O)C(Sc2ccc(C)cc2)=C(N2CC[NH+](Cc3ccccc3)CC2)C1=O. The van der Waals surface area contributed by atoms with Gasteiger partial charge in [0.15, 0.2) is 0 Å². The van der Waals surface area contributed by atoms with E-state index in [2.05, 4.69) is 12.1 Å². The summed E-state index contributed by atoms with van der Waals surface area (Å²) in [6.45, 7) is 5.93. The number of carbonyl (C=O) groups is 3. The molecule has 2 amide bonds. The topological polar surface area (TPSA) is 71.4 Å². The van der Waals surface area contributed by atoms with Crippen molar-refractivity contribution in [2.45, 2.75) is 18.4 Å². The first-order chi connectivity index (χ1) is 18.5. The molecule has 1 fully saturated rings. The van der Waals surface area contributed by atoms with E-state index in [1.54, 1.807) is 24.3 Å². The van der Waals surface area contributed by atoms with Crippen molar-refractivity contribution in [2.24, 2.45) is 0 Å². The highest BCUT2D eigenvalue weighted by Crippen LogP contribution is 2.39. The van der Waals surface area contributed by atoms with Crippen molar-refractivity contribution in [3.8, 4) is 0 Å². The summed E-state index contributed by atoms with van der Waals surface area (Å²) in [5.74, 6) is -1.43. The van der Waals surface area contributed by atoms with Crippen LogP contribution >= 0.6 is 11.8 Å². The van der Waals surface area contributed by atoms with E-state index in [0.717, 1.165) is 35.0 Å². The normalized spacial score (nSPS) is 16.4. The van der Waals surface area contributed by atoms with Gasteiger partial charge in [-0.15, -0.1) is 0 Å². The Bertz CT molecular complexity index is 1380. The second-order valence-corrected chi connectivity index (χ2v) is 10.5. The van der Waals surface area contributed by atoms with Crippen molar-refractivity contribution in [3.63, 3.8) is 0 Å². The molecule has 38 heavy (non-hydrogen) atoms. The molecule has 0 aromatic heterocycles. The van der Waals surface area contributed by atoms with Crippen LogP contribution < -0.4 is 9.80 Å². The number of para-hydroxylation sites is 1. The Hall–Kier alpha value is -3.88. The molecule has 3 aromatic carbocycles. The molecule has 2 aliphatic rings. The lowest BCUT2D eigenvalue weighted by molar-refractivity contribution is -0.917. The Balaban J connectivity index is 1.45. The van der Waals surface area contributed by atoms with Crippen molar-refractivity contribution in [1.82, 2.24) is 4.90 Å². The van der Waals surface area contributed by atoms with Crippen LogP contribution in [0, 0.1) is 6.92 Å². The number of piperazine rings is 1. The van der Waals surface area contributed by atoms with Gasteiger partial charge in [0, 0.05) is 10.5 Å². The van der Waals surface area contributed by atoms with E-state index in [0.29, 0.717) is 23.7 Å². The van der Waals surface area contributed by atoms with Gasteiger partial charge in [0.25, 0.3) is 11.8 Å². The standard InChI is InChI=1S/C30H29N3O4S/c1-21-12-14-23(15-13-21)38-27-26(32-18-16-31(17-19-32)20-22-8-4-3-5-9-22)28(34)33(29(27)35)25-11-7-6-10-24(25)30(36)37-2/h3-15H,16-20H2,1-2H3/p+1. The number of amides is 2. The summed E-state index contributed by atoms with van der Waals surface area (Å²) in [5, 5.41) is 0. The molecule has 7 nitrogen and oxygen atoms in total. The molecule has 0 aliphatic carbocycles. The van der Waals surface area contributed by atoms with Crippen LogP contribution in [0.5, 0.6) is 0 Å². The third-order valence-electron chi connectivity index (χ3n) is 6.89. The highest BCUT2D eigenvalue weighted by molar-refractivity contribution is 8.04. The van der Waals surface area contributed by atoms with E-state index in [4.69, 9.17) is 4.74 Å². The first-order valence-corrected chi connectivity index (χ1v) is 13.4. The third-order valence-corrected chi connectivity index (χ3v) is 7.97. The number of hydrogen-bond donors (Lipinski definition) is 1. The van der Waals surface area contributed by atoms with Gasteiger partial charge >= 0.3 is 5.97 Å². The average Bonchev–Trinajstić information content (AvgIpc) is 3.19. The minimum Gasteiger partial charge on any atom is -0.465 e. The number of hydrogen-bond acceptors (Lipinski definition) is 6. The fourth-order valence-corrected chi connectivity index (χ4v) is 5.87. The number of methoxy groups -OCH3 is 1. The number of nitrogens with one attached hydrogen (secondary N) is 1. The Morgan fingerprint density at radius 3 is 2.24 bits per heavy atom. The number of anilines is 1. The van der Waals surface area contributed by atoms with Crippen LogP contribution in [0.2, 0.25) is 0 Å². The fraction of sp³-hybridized carbons (Fsp3) is 0.233. The van der Waals surface area contributed by atoms with Gasteiger partial charge in [0.2, 0.25) is 0 Å². The van der Waals surface area contributed by atoms with Gasteiger partial charge in [-0.1, -0.05) is 71.9 Å². The molecule has 5 rings (SSSR count). The number of carbonyl (C=O) groups excluding carboxylic acids is 3. The Labute approximate surface area is 226 Å². The van der Waals surface area contributed by atoms with Gasteiger partial charge in [0.05, 0.1) is 44.5 Å². The maximum Gasteiger partial charge on any atom is 0.339 e. The number of aryl methyl sites for hydroxylation is 1. The Morgan fingerprint density at radius 1 is 0.895 bits per heavy atom. The molecular weight excluding hydrogens is 498 g/mol. The summed E-state index contributed by atoms with van der Waals surface area (Å²) in [5.41, 5.74) is 3.21. The Kier molecular flexibility index (Phi) is 7.62. The molecule has 1 saturated heterocycles. The zero-order valence-corrected chi connectivity index (χ0v) is 22.3. The molecular formula is C30H30N3O4S+. The number of imide groups is 1. The first kappa shape index (κ1) is 25.8. The van der Waals surface area contributed by atoms with E-state index < -0.39 is 17.8 Å². The molecule has 8 heteroatoms. The van der Waals surface area contributed by atoms with E-state index in [1.807, 2.05) is 54.3 Å². The van der Waals surface area contributed by atoms with Gasteiger partial charge in [-0.25, -0.2) is 9.69 Å². The lowest BCUT2D eigenvalue weighted by Crippen LogP contribution is -3.13. The molecule has 0 unspecified atom stereocenters. The number of nitrogens with zero attached hydrogens (tertiary/aromatic N) is 2. The van der Waals surface area contributed by atoms with Crippen LogP contribution in [0.3, 0.4) is 0 Å². The molecule has 0 bridgehead atoms. The van der Waals surface area contributed by atoms with Crippen molar-refractivity contribution < 1.29 is 24.0 Å². The van der Waals surface area contributed by atoms with Gasteiger partial charge in [0.1, 0.15) is 17.1 Å². The summed E-state index contributed by atoms with van der Waals surface area (Å²) in [4.78, 5) is 46.1. The largest absolute Gasteiger partial charge is 0.465 e. The number of thioether (sulfide) groups is 1. The quantitative estimate of drug-likeness (QED) is 0.376. The number of esters is 1. The minimum absolute atomic E-state index is 0.176. The number of benzene rings is 3. The van der Waals surface area contributed by atoms with E-state index in [9.17, 15) is 14.4 Å². The summed E-state index contributed by atoms with van der Waals surface area (Å²) < 4.78 is 4.92. The lowest BCUT2D eigenvalue weighted by atomic mass is 10.1. The van der Waals surface area contributed by atoms with Crippen LogP contribution in [0.1, 0.15) is 21.5 Å². The van der Waals surface area contributed by atoms with Crippen molar-refractivity contribution in [3.05, 3.63) is 106 Å². The second kappa shape index (κ2) is 11.2. The van der Waals surface area contributed by atoms with Crippen LogP contribution in [-0.2, 0) is 20.9 Å². The molecule has 3 aromatic rings. The lowest BCUT2D eigenvalue weighted by Gasteiger charge is -2.34. The molecule has 194 valence electrons. The van der Waals surface area contributed by atoms with Crippen LogP contribution in [0.4, 0.5) is 5.69 Å². The number of ether oxygens (including phenoxy) is 1. The smallest absolute Gasteiger partial charge is 0.339 e. The molecule has 0 radical (unpaired) electrons. The highest BCUT2D eigenvalue weighted by Gasteiger charge is 2.44. The predicted octanol–water partition coefficient (Wildman–Crippen LogP) is 3.06. The summed E-state index contributed by atoms with van der Waals surface area (Å²) in [6, 6.07) is 24.8. The van der Waals surface area contributed by atoms with Crippen LogP contribution in [0.25, 0.3) is 0 Å². The van der Waals surface area contributed by atoms with Crippen LogP contribution in [-0.4, -0.2) is 56.0 Å². The monoisotopic (exact) mass is 528 g/mol. The Morgan fingerprint density at radius 2 is 1.55 bits per heavy atom. The third kappa shape index (κ3) is 5.23. The number of quaternary nitrogens is 1. The predicted molar refractivity (Wildman–Crippen MR) is 147 cm³/mol. The highest BCUT2D eigenvalue weighted by atomic mass is 32.2. The summed E-state index contributed by atoms with van der Waals surface area (Å²) in [7, 11) is 1.28. The van der Waals surface area contributed by atoms with Crippen molar-refractivity contribution >= 4 is 35.2 Å². The van der Waals surface area contributed by atoms with Gasteiger partial charge in [-0.2, -0.15) is 0 Å². The van der Waals surface area contributed by atoms with Crippen molar-refractivity contribution in [1.29, 1.82) is 0 Å². The zero-order valence-electron chi connectivity index (χ0n) is 21.5. The fourth-order valence-electron chi connectivity index (χ4n) is 4.87. The molecule has 2 aliphatic heterocycles. The second-order valence-electron chi connectivity index (χ2n) is 9.45. The molecule has 0 spiro atoms. The summed E-state index contributed by atoms with van der Waals surface area (Å²) >= 11 is 1.30. The maximum atomic E-state index is 13.9. The van der Waals surface area contributed by atoms with Gasteiger partial charge in [-0.05, 0) is 31.2 Å². The van der Waals surface area contributed by atoms with E-state index in [1.165, 1.54) is 29.3 Å². The van der Waals surface area contributed by atoms with Gasteiger partial charge in [-0.3, -0.25) is 9.59 Å². The van der Waals surface area contributed by atoms with E-state index >= 15 is 0 Å². The summed E-state index contributed by atoms with van der Waals surface area (Å²) in [6.07, 6.45) is 0. The van der Waals surface area contributed by atoms with Crippen molar-refractivity contribution in [2.75, 3.05) is 38.2 Å². The minimum atomic E-state index is -0.597. The average molecular weight is 529 g/mol. The number of rotatable bonds is 7. The zero-order chi connectivity index (χ0) is 26.6. The molecule has 0 atom stereocenters. The van der Waals surface area contributed by atoms with Crippen LogP contribution in [0.15, 0.2) is 94.4 Å². The maximum absolute atomic E-state index is 13.9. The molecule has 2 heterocycles. The first-order valence-electron chi connectivity index (χ1n) is 12.6.